The smallest absolute Gasteiger partial charge is 0.306 e. The van der Waals surface area contributed by atoms with Crippen LogP contribution in [0.2, 0.25) is 0 Å². The molecule has 0 aliphatic rings. The van der Waals surface area contributed by atoms with Crippen molar-refractivity contribution in [2.45, 2.75) is 270 Å². The van der Waals surface area contributed by atoms with Gasteiger partial charge in [-0.1, -0.05) is 264 Å². The van der Waals surface area contributed by atoms with Crippen molar-refractivity contribution in [1.82, 2.24) is 0 Å². The zero-order valence-corrected chi connectivity index (χ0v) is 52.6. The van der Waals surface area contributed by atoms with Gasteiger partial charge in [-0.05, 0) is 103 Å². The van der Waals surface area contributed by atoms with Crippen molar-refractivity contribution in [3.8, 4) is 0 Å². The summed E-state index contributed by atoms with van der Waals surface area (Å²) in [5.41, 5.74) is 0. The van der Waals surface area contributed by atoms with Crippen molar-refractivity contribution in [3.63, 3.8) is 0 Å². The Morgan fingerprint density at radius 3 is 1.00 bits per heavy atom. The number of nitrogens with zero attached hydrogens (tertiary/aromatic N) is 1. The summed E-state index contributed by atoms with van der Waals surface area (Å²) in [6.45, 7) is 4.49. The number of hydrogen-bond donors (Lipinski definition) is 0. The van der Waals surface area contributed by atoms with Gasteiger partial charge in [0.25, 0.3) is 0 Å². The van der Waals surface area contributed by atoms with Crippen molar-refractivity contribution in [1.29, 1.82) is 0 Å². The minimum absolute atomic E-state index is 0.138. The Morgan fingerprint density at radius 2 is 0.667 bits per heavy atom. The summed E-state index contributed by atoms with van der Waals surface area (Å²) in [7, 11) is 5.91. The number of unbranched alkanes of at least 4 members (excludes halogenated alkanes) is 24. The predicted molar refractivity (Wildman–Crippen MR) is 343 cm³/mol. The van der Waals surface area contributed by atoms with Crippen molar-refractivity contribution < 1.29 is 42.9 Å². The number of allylic oxidation sites excluding steroid dienone is 20. The SMILES string of the molecule is CC/C=C\C/C=C\C/C=C\C/C=C\C/C=C\CCCCCCCCCCCCCCCCCCCCCCCC(=O)OC(COC(=O)CCCCC/C=C\C/C=C\C/C=C\C/C=C\C/C=C\CC)COC(OCC[N+](C)(C)C)C(=O)[O-]. The Balaban J connectivity index is 4.10. The van der Waals surface area contributed by atoms with Crippen molar-refractivity contribution >= 4 is 17.9 Å². The molecule has 2 atom stereocenters. The van der Waals surface area contributed by atoms with Gasteiger partial charge in [0.2, 0.25) is 0 Å². The predicted octanol–water partition coefficient (Wildman–Crippen LogP) is 18.7. The first-order valence-electron chi connectivity index (χ1n) is 32.7. The maximum Gasteiger partial charge on any atom is 0.306 e. The number of aliphatic carboxylic acids is 1. The Morgan fingerprint density at radius 1 is 0.370 bits per heavy atom. The molecule has 0 bridgehead atoms. The van der Waals surface area contributed by atoms with Gasteiger partial charge in [0.1, 0.15) is 13.2 Å². The van der Waals surface area contributed by atoms with Gasteiger partial charge in [0.15, 0.2) is 12.4 Å². The van der Waals surface area contributed by atoms with Gasteiger partial charge in [0.05, 0.1) is 40.3 Å². The molecule has 0 aliphatic carbocycles. The van der Waals surface area contributed by atoms with Gasteiger partial charge in [-0.15, -0.1) is 0 Å². The lowest BCUT2D eigenvalue weighted by atomic mass is 10.0. The van der Waals surface area contributed by atoms with E-state index in [9.17, 15) is 19.5 Å². The second-order valence-corrected chi connectivity index (χ2v) is 22.6. The van der Waals surface area contributed by atoms with E-state index in [0.29, 0.717) is 23.9 Å². The van der Waals surface area contributed by atoms with Crippen LogP contribution < -0.4 is 5.11 Å². The van der Waals surface area contributed by atoms with E-state index in [0.717, 1.165) is 103 Å². The van der Waals surface area contributed by atoms with Gasteiger partial charge >= 0.3 is 11.9 Å². The van der Waals surface area contributed by atoms with Gasteiger partial charge in [-0.25, -0.2) is 0 Å². The fourth-order valence-corrected chi connectivity index (χ4v) is 8.77. The molecule has 81 heavy (non-hydrogen) atoms. The number of carboxylic acid groups (broad SMARTS) is 1. The van der Waals surface area contributed by atoms with Gasteiger partial charge in [-0.3, -0.25) is 9.59 Å². The highest BCUT2D eigenvalue weighted by atomic mass is 16.7. The monoisotopic (exact) mass is 1130 g/mol. The van der Waals surface area contributed by atoms with Crippen LogP contribution in [0.1, 0.15) is 258 Å². The lowest BCUT2D eigenvalue weighted by molar-refractivity contribution is -0.870. The zero-order valence-electron chi connectivity index (χ0n) is 52.6. The van der Waals surface area contributed by atoms with E-state index in [4.69, 9.17) is 18.9 Å². The molecule has 9 nitrogen and oxygen atoms in total. The minimum atomic E-state index is -1.63. The number of carbonyl (C=O) groups excluding carboxylic acids is 3. The van der Waals surface area contributed by atoms with Crippen LogP contribution in [0.5, 0.6) is 0 Å². The number of esters is 2. The number of carbonyl (C=O) groups is 3. The third-order valence-corrected chi connectivity index (χ3v) is 13.7. The highest BCUT2D eigenvalue weighted by Crippen LogP contribution is 2.17. The lowest BCUT2D eigenvalue weighted by Gasteiger charge is -2.26. The molecule has 0 fully saturated rings. The normalized spacial score (nSPS) is 13.5. The molecule has 2 unspecified atom stereocenters. The molecule has 0 aromatic heterocycles. The van der Waals surface area contributed by atoms with E-state index in [1.165, 1.54) is 116 Å². The molecule has 0 saturated carbocycles. The molecule has 0 radical (unpaired) electrons. The number of hydrogen-bond acceptors (Lipinski definition) is 8. The highest BCUT2D eigenvalue weighted by molar-refractivity contribution is 5.70. The first-order chi connectivity index (χ1) is 39.6. The standard InChI is InChI=1S/C72H121NO8/c1-6-8-10-12-14-16-18-20-22-24-26-27-28-29-30-31-32-33-34-35-36-37-38-39-40-41-42-43-45-47-49-51-53-55-57-59-61-63-70(75)81-68(67-80-72(71(76)77)78-65-64-73(3,4)5)66-79-69(74)62-60-58-56-54-52-50-48-46-44-25-23-21-19-17-15-13-11-9-7-2/h8-11,14-17,20-23,26-27,29-30,44,46,50,52,68,72H,6-7,12-13,18-19,24-25,28,31-43,45,47-49,51,53-67H2,1-5H3/b10-8-,11-9-,16-14-,17-15-,22-20-,23-21-,27-26-,30-29-,46-44-,52-50-. The van der Waals surface area contributed by atoms with E-state index in [1.807, 2.05) is 21.1 Å². The maximum atomic E-state index is 12.9. The summed E-state index contributed by atoms with van der Waals surface area (Å²) >= 11 is 0. The molecule has 462 valence electrons. The molecule has 0 aliphatic heterocycles. The highest BCUT2D eigenvalue weighted by Gasteiger charge is 2.22. The number of likely N-dealkylation sites (N-methyl/N-ethyl adjacent to an activating group) is 1. The van der Waals surface area contributed by atoms with E-state index in [2.05, 4.69) is 135 Å². The first kappa shape index (κ1) is 76.7. The lowest BCUT2D eigenvalue weighted by Crippen LogP contribution is -2.44. The number of ether oxygens (including phenoxy) is 4. The molecule has 0 aromatic carbocycles. The number of carboxylic acids is 1. The topological polar surface area (TPSA) is 111 Å². The molecular weight excluding hydrogens is 1010 g/mol. The fraction of sp³-hybridized carbons (Fsp3) is 0.681. The van der Waals surface area contributed by atoms with Crippen molar-refractivity contribution in [2.75, 3.05) is 47.5 Å². The summed E-state index contributed by atoms with van der Waals surface area (Å²) in [4.78, 5) is 37.4. The number of rotatable bonds is 59. The Labute approximate surface area is 497 Å². The molecule has 0 rings (SSSR count). The average molecular weight is 1130 g/mol. The second-order valence-electron chi connectivity index (χ2n) is 22.6. The van der Waals surface area contributed by atoms with Gasteiger partial charge in [-0.2, -0.15) is 0 Å². The van der Waals surface area contributed by atoms with E-state index in [1.54, 1.807) is 0 Å². The minimum Gasteiger partial charge on any atom is -0.545 e. The molecular formula is C72H121NO8. The average Bonchev–Trinajstić information content (AvgIpc) is 3.44. The van der Waals surface area contributed by atoms with Crippen molar-refractivity contribution in [2.24, 2.45) is 0 Å². The summed E-state index contributed by atoms with van der Waals surface area (Å²) in [5.74, 6) is -2.33. The molecule has 9 heteroatoms. The molecule has 0 heterocycles. The van der Waals surface area contributed by atoms with Crippen LogP contribution in [-0.2, 0) is 33.3 Å². The Bertz CT molecular complexity index is 1740. The number of quaternary nitrogens is 1. The van der Waals surface area contributed by atoms with Gasteiger partial charge < -0.3 is 33.3 Å². The third kappa shape index (κ3) is 63.1. The van der Waals surface area contributed by atoms with Gasteiger partial charge in [0, 0.05) is 12.8 Å². The molecule has 0 aromatic rings. The summed E-state index contributed by atoms with van der Waals surface area (Å²) in [6.07, 6.45) is 84.2. The Kier molecular flexibility index (Phi) is 58.5. The summed E-state index contributed by atoms with van der Waals surface area (Å²) in [5, 5.41) is 11.8. The van der Waals surface area contributed by atoms with E-state index < -0.39 is 24.3 Å². The van der Waals surface area contributed by atoms with Crippen LogP contribution in [0.15, 0.2) is 122 Å². The maximum absolute atomic E-state index is 12.9. The zero-order chi connectivity index (χ0) is 59.1. The third-order valence-electron chi connectivity index (χ3n) is 13.7. The molecule has 0 saturated heterocycles. The van der Waals surface area contributed by atoms with Crippen LogP contribution in [-0.4, -0.2) is 82.3 Å². The summed E-state index contributed by atoms with van der Waals surface area (Å²) in [6, 6.07) is 0. The molecule has 0 N–H and O–H groups in total. The van der Waals surface area contributed by atoms with Crippen LogP contribution in [0.25, 0.3) is 0 Å². The summed E-state index contributed by atoms with van der Waals surface area (Å²) < 4.78 is 22.7. The largest absolute Gasteiger partial charge is 0.545 e. The van der Waals surface area contributed by atoms with Crippen LogP contribution >= 0.6 is 0 Å². The fourth-order valence-electron chi connectivity index (χ4n) is 8.77. The van der Waals surface area contributed by atoms with Crippen LogP contribution in [0, 0.1) is 0 Å². The van der Waals surface area contributed by atoms with Crippen molar-refractivity contribution in [3.05, 3.63) is 122 Å². The second kappa shape index (κ2) is 61.8. The molecule has 0 amide bonds. The molecule has 0 spiro atoms. The van der Waals surface area contributed by atoms with Crippen LogP contribution in [0.4, 0.5) is 0 Å². The quantitative estimate of drug-likeness (QED) is 0.0195. The van der Waals surface area contributed by atoms with Crippen LogP contribution in [0.3, 0.4) is 0 Å². The first-order valence-corrected chi connectivity index (χ1v) is 32.7. The van der Waals surface area contributed by atoms with E-state index in [-0.39, 0.29) is 38.6 Å². The Hall–Kier alpha value is -4.31. The van der Waals surface area contributed by atoms with E-state index >= 15 is 0 Å².